The topological polar surface area (TPSA) is 117 Å². The zero-order chi connectivity index (χ0) is 22.2. The third kappa shape index (κ3) is 9.29. The highest BCUT2D eigenvalue weighted by molar-refractivity contribution is 7.52. The molecule has 0 fully saturated rings. The maximum atomic E-state index is 12.6. The molecule has 8 nitrogen and oxygen atoms in total. The number of halogens is 3. The Labute approximate surface area is 166 Å². The summed E-state index contributed by atoms with van der Waals surface area (Å²) in [5.74, 6) is -0.680. The quantitative estimate of drug-likeness (QED) is 0.439. The Hall–Kier alpha value is -2.10. The second kappa shape index (κ2) is 10.6. The fourth-order valence-electron chi connectivity index (χ4n) is 2.32. The van der Waals surface area contributed by atoms with Gasteiger partial charge in [0.25, 0.3) is 0 Å². The molecule has 0 aliphatic heterocycles. The molecule has 0 bridgehead atoms. The summed E-state index contributed by atoms with van der Waals surface area (Å²) in [6.45, 7) is 5.14. The van der Waals surface area contributed by atoms with Crippen molar-refractivity contribution in [1.29, 1.82) is 0 Å². The molecule has 0 saturated heterocycles. The lowest BCUT2D eigenvalue weighted by Gasteiger charge is -2.21. The van der Waals surface area contributed by atoms with Gasteiger partial charge in [0.05, 0.1) is 12.2 Å². The summed E-state index contributed by atoms with van der Waals surface area (Å²) in [5.41, 5.74) is -0.751. The van der Waals surface area contributed by atoms with Crippen LogP contribution in [0.1, 0.15) is 32.8 Å². The SMILES string of the molecule is CCOP(=O)(O)CNC(=O)[C@H](CC(C)C)NC(=O)Nc1ccc(C(F)(F)F)cc1. The number of carbonyl (C=O) groups is 2. The molecule has 1 aromatic rings. The number of anilines is 1. The van der Waals surface area contributed by atoms with Gasteiger partial charge in [0.15, 0.2) is 0 Å². The van der Waals surface area contributed by atoms with Crippen molar-refractivity contribution in [2.45, 2.75) is 39.4 Å². The van der Waals surface area contributed by atoms with Crippen LogP contribution in [0.3, 0.4) is 0 Å². The van der Waals surface area contributed by atoms with Gasteiger partial charge in [-0.3, -0.25) is 9.36 Å². The highest BCUT2D eigenvalue weighted by Crippen LogP contribution is 2.39. The van der Waals surface area contributed by atoms with Gasteiger partial charge in [0.1, 0.15) is 12.3 Å². The van der Waals surface area contributed by atoms with Gasteiger partial charge in [-0.25, -0.2) is 4.79 Å². The van der Waals surface area contributed by atoms with E-state index in [0.29, 0.717) is 0 Å². The van der Waals surface area contributed by atoms with Crippen LogP contribution in [0.25, 0.3) is 0 Å². The summed E-state index contributed by atoms with van der Waals surface area (Å²) in [4.78, 5) is 34.0. The molecule has 1 rings (SSSR count). The Balaban J connectivity index is 2.73. The van der Waals surface area contributed by atoms with E-state index in [9.17, 15) is 32.2 Å². The summed E-state index contributed by atoms with van der Waals surface area (Å²) < 4.78 is 54.0. The lowest BCUT2D eigenvalue weighted by atomic mass is 10.0. The number of urea groups is 1. The van der Waals surface area contributed by atoms with E-state index in [1.165, 1.54) is 6.92 Å². The first-order chi connectivity index (χ1) is 13.3. The van der Waals surface area contributed by atoms with Crippen molar-refractivity contribution in [1.82, 2.24) is 10.6 Å². The van der Waals surface area contributed by atoms with E-state index in [4.69, 9.17) is 0 Å². The van der Waals surface area contributed by atoms with Gasteiger partial charge in [-0.05, 0) is 43.5 Å². The maximum absolute atomic E-state index is 12.6. The van der Waals surface area contributed by atoms with Crippen LogP contribution in [0.15, 0.2) is 24.3 Å². The summed E-state index contributed by atoms with van der Waals surface area (Å²) in [7, 11) is -3.98. The Morgan fingerprint density at radius 2 is 1.79 bits per heavy atom. The van der Waals surface area contributed by atoms with Crippen LogP contribution in [0, 0.1) is 5.92 Å². The van der Waals surface area contributed by atoms with Crippen molar-refractivity contribution in [2.24, 2.45) is 5.92 Å². The smallest absolute Gasteiger partial charge is 0.343 e. The Morgan fingerprint density at radius 3 is 2.28 bits per heavy atom. The van der Waals surface area contributed by atoms with Gasteiger partial charge in [-0.1, -0.05) is 13.8 Å². The van der Waals surface area contributed by atoms with Gasteiger partial charge in [0, 0.05) is 5.69 Å². The average molecular weight is 439 g/mol. The molecule has 12 heteroatoms. The minimum absolute atomic E-state index is 0.00458. The molecular weight excluding hydrogens is 414 g/mol. The predicted octanol–water partition coefficient (Wildman–Crippen LogP) is 3.54. The predicted molar refractivity (Wildman–Crippen MR) is 101 cm³/mol. The van der Waals surface area contributed by atoms with Gasteiger partial charge < -0.3 is 25.4 Å². The minimum atomic E-state index is -4.49. The minimum Gasteiger partial charge on any atom is -0.343 e. The molecule has 3 amide bonds. The summed E-state index contributed by atoms with van der Waals surface area (Å²) in [6.07, 6.45) is -4.87. The van der Waals surface area contributed by atoms with E-state index in [1.807, 2.05) is 13.8 Å². The summed E-state index contributed by atoms with van der Waals surface area (Å²) in [5, 5.41) is 7.02. The van der Waals surface area contributed by atoms with Crippen molar-refractivity contribution in [3.8, 4) is 0 Å². The number of hydrogen-bond donors (Lipinski definition) is 4. The fourth-order valence-corrected chi connectivity index (χ4v) is 3.17. The molecule has 0 aromatic heterocycles. The number of carbonyl (C=O) groups excluding carboxylic acids is 2. The first-order valence-electron chi connectivity index (χ1n) is 8.83. The molecule has 2 atom stereocenters. The normalized spacial score (nSPS) is 14.8. The van der Waals surface area contributed by atoms with E-state index in [-0.39, 0.29) is 24.6 Å². The summed E-state index contributed by atoms with van der Waals surface area (Å²) in [6, 6.07) is 1.99. The zero-order valence-electron chi connectivity index (χ0n) is 16.2. The second-order valence-electron chi connectivity index (χ2n) is 6.61. The van der Waals surface area contributed by atoms with Crippen molar-refractivity contribution >= 4 is 25.2 Å². The molecule has 0 spiro atoms. The average Bonchev–Trinajstić information content (AvgIpc) is 2.58. The van der Waals surface area contributed by atoms with E-state index in [2.05, 4.69) is 20.5 Å². The van der Waals surface area contributed by atoms with Gasteiger partial charge >= 0.3 is 19.8 Å². The number of nitrogens with one attached hydrogen (secondary N) is 3. The van der Waals surface area contributed by atoms with Crippen molar-refractivity contribution in [3.05, 3.63) is 29.8 Å². The van der Waals surface area contributed by atoms with Crippen LogP contribution in [-0.2, 0) is 20.1 Å². The molecule has 4 N–H and O–H groups in total. The third-order valence-corrected chi connectivity index (χ3v) is 4.80. The number of alkyl halides is 3. The van der Waals surface area contributed by atoms with E-state index < -0.39 is 43.6 Å². The Morgan fingerprint density at radius 1 is 1.21 bits per heavy atom. The maximum Gasteiger partial charge on any atom is 0.416 e. The van der Waals surface area contributed by atoms with Gasteiger partial charge in [-0.2, -0.15) is 13.2 Å². The lowest BCUT2D eigenvalue weighted by Crippen LogP contribution is -2.48. The second-order valence-corrected chi connectivity index (χ2v) is 8.46. The van der Waals surface area contributed by atoms with Crippen LogP contribution in [0.4, 0.5) is 23.7 Å². The molecule has 1 aromatic carbocycles. The molecule has 0 aliphatic carbocycles. The highest BCUT2D eigenvalue weighted by atomic mass is 31.2. The highest BCUT2D eigenvalue weighted by Gasteiger charge is 2.30. The molecule has 0 saturated carbocycles. The van der Waals surface area contributed by atoms with Crippen molar-refractivity contribution in [2.75, 3.05) is 18.2 Å². The van der Waals surface area contributed by atoms with E-state index in [1.54, 1.807) is 0 Å². The molecular formula is C17H25F3N3O5P. The molecule has 0 heterocycles. The van der Waals surface area contributed by atoms with Crippen molar-refractivity contribution < 1.29 is 36.7 Å². The van der Waals surface area contributed by atoms with Crippen LogP contribution >= 0.6 is 7.60 Å². The first kappa shape index (κ1) is 24.9. The monoisotopic (exact) mass is 439 g/mol. The standard InChI is InChI=1S/C17H25F3N3O5P/c1-4-28-29(26,27)10-21-15(24)14(9-11(2)3)23-16(25)22-13-7-5-12(6-8-13)17(18,19)20/h5-8,11,14H,4,9-10H2,1-3H3,(H,21,24)(H,26,27)(H2,22,23,25)/t14-/m0/s1. The van der Waals surface area contributed by atoms with Crippen LogP contribution < -0.4 is 16.0 Å². The Kier molecular flexibility index (Phi) is 9.13. The number of hydrogen-bond acceptors (Lipinski definition) is 4. The molecule has 164 valence electrons. The molecule has 0 radical (unpaired) electrons. The van der Waals surface area contributed by atoms with E-state index >= 15 is 0 Å². The molecule has 1 unspecified atom stereocenters. The third-order valence-electron chi connectivity index (χ3n) is 3.58. The fraction of sp³-hybridized carbons (Fsp3) is 0.529. The Bertz CT molecular complexity index is 741. The lowest BCUT2D eigenvalue weighted by molar-refractivity contribution is -0.137. The largest absolute Gasteiger partial charge is 0.416 e. The molecule has 0 aliphatic rings. The number of benzene rings is 1. The van der Waals surface area contributed by atoms with Crippen molar-refractivity contribution in [3.63, 3.8) is 0 Å². The van der Waals surface area contributed by atoms with E-state index in [0.717, 1.165) is 24.3 Å². The van der Waals surface area contributed by atoms with Gasteiger partial charge in [0.2, 0.25) is 5.91 Å². The van der Waals surface area contributed by atoms with Gasteiger partial charge in [-0.15, -0.1) is 0 Å². The summed E-state index contributed by atoms with van der Waals surface area (Å²) >= 11 is 0. The van der Waals surface area contributed by atoms with Crippen LogP contribution in [0.2, 0.25) is 0 Å². The van der Waals surface area contributed by atoms with Crippen LogP contribution in [0.5, 0.6) is 0 Å². The molecule has 29 heavy (non-hydrogen) atoms. The number of amides is 3. The first-order valence-corrected chi connectivity index (χ1v) is 10.6. The van der Waals surface area contributed by atoms with Crippen LogP contribution in [-0.4, -0.2) is 35.8 Å². The number of rotatable bonds is 9. The zero-order valence-corrected chi connectivity index (χ0v) is 17.1.